The Morgan fingerprint density at radius 1 is 0.314 bits per heavy atom. The highest BCUT2D eigenvalue weighted by Gasteiger charge is 2.61. The number of pyridine rings is 1. The summed E-state index contributed by atoms with van der Waals surface area (Å²) >= 11 is 0. The summed E-state index contributed by atoms with van der Waals surface area (Å²) in [6.07, 6.45) is 8.72. The second-order valence-electron chi connectivity index (χ2n) is 19.7. The quantitative estimate of drug-likeness (QED) is 0.150. The average Bonchev–Trinajstić information content (AvgIpc) is 3.73. The van der Waals surface area contributed by atoms with Gasteiger partial charge in [0.1, 0.15) is 5.69 Å². The maximum absolute atomic E-state index is 5.05. The van der Waals surface area contributed by atoms with Gasteiger partial charge in [-0.25, -0.2) is 29.9 Å². The number of benzene rings is 7. The predicted octanol–water partition coefficient (Wildman–Crippen LogP) is 14.5. The van der Waals surface area contributed by atoms with Gasteiger partial charge in [-0.15, -0.1) is 0 Å². The van der Waals surface area contributed by atoms with Gasteiger partial charge in [0.2, 0.25) is 0 Å². The molecule has 7 aromatic carbocycles. The van der Waals surface area contributed by atoms with Crippen molar-refractivity contribution in [3.05, 3.63) is 211 Å². The first-order chi connectivity index (χ1) is 34.6. The van der Waals surface area contributed by atoms with Crippen molar-refractivity contribution in [3.8, 4) is 102 Å². The summed E-state index contributed by atoms with van der Waals surface area (Å²) < 4.78 is 0. The molecule has 4 bridgehead atoms. The lowest BCUT2D eigenvalue weighted by Crippen LogP contribution is -2.55. The Morgan fingerprint density at radius 3 is 1.21 bits per heavy atom. The van der Waals surface area contributed by atoms with Crippen LogP contribution in [0.15, 0.2) is 200 Å². The lowest BCUT2D eigenvalue weighted by molar-refractivity contribution is -0.0399. The Bertz CT molecular complexity index is 3440. The van der Waals surface area contributed by atoms with E-state index in [1.807, 2.05) is 103 Å². The minimum absolute atomic E-state index is 0.0207. The summed E-state index contributed by atoms with van der Waals surface area (Å²) in [5.74, 6) is 6.78. The number of hydrogen-bond acceptors (Lipinski definition) is 7. The predicted molar refractivity (Wildman–Crippen MR) is 278 cm³/mol. The molecule has 15 rings (SSSR count). The van der Waals surface area contributed by atoms with Crippen LogP contribution < -0.4 is 0 Å². The topological polar surface area (TPSA) is 90.2 Å². The largest absolute Gasteiger partial charge is 0.252 e. The normalized spacial score (nSPS) is 20.3. The Hall–Kier alpha value is -8.29. The summed E-state index contributed by atoms with van der Waals surface area (Å²) in [6.45, 7) is 0. The molecule has 4 fully saturated rings. The second-order valence-corrected chi connectivity index (χ2v) is 19.7. The van der Waals surface area contributed by atoms with Gasteiger partial charge in [0.25, 0.3) is 0 Å². The van der Waals surface area contributed by atoms with Crippen LogP contribution in [0.3, 0.4) is 0 Å². The van der Waals surface area contributed by atoms with E-state index in [2.05, 4.69) is 97.1 Å². The van der Waals surface area contributed by atoms with Gasteiger partial charge in [-0.1, -0.05) is 182 Å². The third-order valence-corrected chi connectivity index (χ3v) is 15.8. The highest BCUT2D eigenvalue weighted by Crippen LogP contribution is 2.70. The van der Waals surface area contributed by atoms with E-state index in [4.69, 9.17) is 34.9 Å². The number of aromatic nitrogens is 7. The van der Waals surface area contributed by atoms with Crippen LogP contribution in [0.25, 0.3) is 102 Å². The van der Waals surface area contributed by atoms with Gasteiger partial charge in [0, 0.05) is 45.0 Å². The average molecular weight is 902 g/mol. The molecule has 334 valence electrons. The first-order valence-corrected chi connectivity index (χ1v) is 24.7. The summed E-state index contributed by atoms with van der Waals surface area (Å²) in [5.41, 5.74) is 15.9. The molecule has 0 amide bonds. The Morgan fingerprint density at radius 2 is 0.743 bits per heavy atom. The second kappa shape index (κ2) is 16.4. The van der Waals surface area contributed by atoms with Gasteiger partial charge in [-0.05, 0) is 107 Å². The summed E-state index contributed by atoms with van der Waals surface area (Å²) in [7, 11) is 0. The Labute approximate surface area is 407 Å². The highest BCUT2D eigenvalue weighted by atomic mass is 15.1. The number of hydrogen-bond donors (Lipinski definition) is 0. The molecule has 7 nitrogen and oxygen atoms in total. The smallest absolute Gasteiger partial charge is 0.182 e. The molecule has 0 atom stereocenters. The fourth-order valence-electron chi connectivity index (χ4n) is 13.0. The maximum Gasteiger partial charge on any atom is 0.182 e. The molecule has 1 spiro atoms. The van der Waals surface area contributed by atoms with E-state index in [1.54, 1.807) is 0 Å². The standard InChI is InChI=1S/C63H47N7/c1-5-14-42(15-6-1)57-65-58(43-16-7-2-8-17-43)67-61(66-57)46-26-24-41(25-27-46)51-22-13-23-54-56(51)52-37-47(28-30-53(52)63(54)49-33-39-32-40(35-49)36-50(63)34-39)48-29-31-55(64-38-48)62-69-59(44-18-9-3-10-19-44)68-60(70-62)45-20-11-4-12-21-45/h1-31,37-40,49-50H,32-36H2. The van der Waals surface area contributed by atoms with Crippen LogP contribution in [-0.4, -0.2) is 34.9 Å². The van der Waals surface area contributed by atoms with Crippen molar-refractivity contribution in [2.24, 2.45) is 23.7 Å². The lowest BCUT2D eigenvalue weighted by atomic mass is 9.43. The van der Waals surface area contributed by atoms with Crippen LogP contribution in [-0.2, 0) is 5.41 Å². The van der Waals surface area contributed by atoms with Crippen molar-refractivity contribution >= 4 is 0 Å². The van der Waals surface area contributed by atoms with Crippen molar-refractivity contribution in [3.63, 3.8) is 0 Å². The van der Waals surface area contributed by atoms with E-state index in [0.29, 0.717) is 52.5 Å². The van der Waals surface area contributed by atoms with Gasteiger partial charge in [0.05, 0.1) is 0 Å². The van der Waals surface area contributed by atoms with E-state index >= 15 is 0 Å². The summed E-state index contributed by atoms with van der Waals surface area (Å²) in [4.78, 5) is 34.9. The fourth-order valence-corrected chi connectivity index (χ4v) is 13.0. The minimum Gasteiger partial charge on any atom is -0.252 e. The Kier molecular flexibility index (Phi) is 9.58. The van der Waals surface area contributed by atoms with Crippen LogP contribution in [0, 0.1) is 23.7 Å². The molecule has 10 aromatic rings. The molecule has 3 heterocycles. The van der Waals surface area contributed by atoms with Crippen LogP contribution in [0.5, 0.6) is 0 Å². The minimum atomic E-state index is 0.0207. The molecule has 0 aliphatic heterocycles. The zero-order chi connectivity index (χ0) is 46.2. The van der Waals surface area contributed by atoms with Crippen LogP contribution in [0.4, 0.5) is 0 Å². The molecule has 0 unspecified atom stereocenters. The van der Waals surface area contributed by atoms with Gasteiger partial charge in [0.15, 0.2) is 34.9 Å². The fraction of sp³-hybridized carbons (Fsp3) is 0.159. The van der Waals surface area contributed by atoms with Crippen molar-refractivity contribution in [2.75, 3.05) is 0 Å². The van der Waals surface area contributed by atoms with Crippen LogP contribution in [0.2, 0.25) is 0 Å². The zero-order valence-corrected chi connectivity index (χ0v) is 38.5. The maximum atomic E-state index is 5.05. The van der Waals surface area contributed by atoms with E-state index < -0.39 is 0 Å². The first kappa shape index (κ1) is 40.7. The molecule has 70 heavy (non-hydrogen) atoms. The van der Waals surface area contributed by atoms with Crippen molar-refractivity contribution in [2.45, 2.75) is 37.5 Å². The monoisotopic (exact) mass is 901 g/mol. The van der Waals surface area contributed by atoms with E-state index in [1.165, 1.54) is 65.5 Å². The summed E-state index contributed by atoms with van der Waals surface area (Å²) in [5, 5.41) is 0. The Balaban J connectivity index is 0.863. The van der Waals surface area contributed by atoms with E-state index in [-0.39, 0.29) is 5.41 Å². The molecule has 5 aliphatic rings. The lowest BCUT2D eigenvalue weighted by Gasteiger charge is -2.61. The zero-order valence-electron chi connectivity index (χ0n) is 38.5. The van der Waals surface area contributed by atoms with Gasteiger partial charge < -0.3 is 0 Å². The third kappa shape index (κ3) is 6.74. The van der Waals surface area contributed by atoms with Gasteiger partial charge in [-0.3, -0.25) is 4.98 Å². The van der Waals surface area contributed by atoms with Crippen molar-refractivity contribution in [1.29, 1.82) is 0 Å². The molecule has 0 N–H and O–H groups in total. The SMILES string of the molecule is c1ccc(-c2nc(-c3ccccc3)nc(-c3ccc(-c4cccc5c4-c4cc(-c6ccc(-c7nc(-c8ccccc8)nc(-c8ccccc8)n7)nc6)ccc4C54C5CC6CC(C5)CC4C6)cc3)n2)cc1. The molecule has 3 aromatic heterocycles. The third-order valence-electron chi connectivity index (χ3n) is 15.8. The molecular weight excluding hydrogens is 855 g/mol. The van der Waals surface area contributed by atoms with Gasteiger partial charge >= 0.3 is 0 Å². The molecule has 5 aliphatic carbocycles. The van der Waals surface area contributed by atoms with E-state index in [0.717, 1.165) is 50.8 Å². The molecule has 0 saturated heterocycles. The van der Waals surface area contributed by atoms with Gasteiger partial charge in [-0.2, -0.15) is 0 Å². The van der Waals surface area contributed by atoms with Crippen molar-refractivity contribution < 1.29 is 0 Å². The number of nitrogens with zero attached hydrogens (tertiary/aromatic N) is 7. The molecule has 4 saturated carbocycles. The van der Waals surface area contributed by atoms with Crippen molar-refractivity contribution in [1.82, 2.24) is 34.9 Å². The molecule has 7 heteroatoms. The first-order valence-electron chi connectivity index (χ1n) is 24.7. The molecule has 0 radical (unpaired) electrons. The van der Waals surface area contributed by atoms with Crippen LogP contribution >= 0.6 is 0 Å². The summed E-state index contributed by atoms with van der Waals surface area (Å²) in [6, 6.07) is 68.1. The van der Waals surface area contributed by atoms with Crippen LogP contribution in [0.1, 0.15) is 43.2 Å². The van der Waals surface area contributed by atoms with E-state index in [9.17, 15) is 0 Å². The number of fused-ring (bicyclic) bond motifs is 3. The molecular formula is C63H47N7. The highest BCUT2D eigenvalue weighted by molar-refractivity contribution is 5.95. The number of rotatable bonds is 8.